The third-order valence-electron chi connectivity index (χ3n) is 3.47. The Morgan fingerprint density at radius 1 is 1.21 bits per heavy atom. The lowest BCUT2D eigenvalue weighted by atomic mass is 10.1. The summed E-state index contributed by atoms with van der Waals surface area (Å²) < 4.78 is 0.818. The number of fused-ring (bicyclic) bond motifs is 1. The quantitative estimate of drug-likeness (QED) is 0.469. The van der Waals surface area contributed by atoms with E-state index < -0.39 is 4.92 Å². The van der Waals surface area contributed by atoms with Crippen LogP contribution in [0, 0.1) is 17.0 Å². The van der Waals surface area contributed by atoms with Crippen molar-refractivity contribution in [1.29, 1.82) is 0 Å². The molecule has 8 heteroatoms. The van der Waals surface area contributed by atoms with Gasteiger partial charge in [-0.05, 0) is 30.7 Å². The number of hydrogen-bond donors (Lipinski definition) is 1. The molecule has 0 saturated heterocycles. The molecule has 0 aliphatic heterocycles. The van der Waals surface area contributed by atoms with E-state index in [0.717, 1.165) is 10.1 Å². The molecule has 24 heavy (non-hydrogen) atoms. The minimum absolute atomic E-state index is 0.0277. The average Bonchev–Trinajstić information content (AvgIpc) is 2.85. The number of benzene rings is 2. The van der Waals surface area contributed by atoms with Crippen molar-refractivity contribution in [3.05, 3.63) is 67.0 Å². The van der Waals surface area contributed by atoms with Crippen molar-refractivity contribution in [3.63, 3.8) is 0 Å². The van der Waals surface area contributed by atoms with Gasteiger partial charge in [-0.15, -0.1) is 11.3 Å². The molecule has 0 radical (unpaired) electrons. The summed E-state index contributed by atoms with van der Waals surface area (Å²) in [6.07, 6.45) is 0. The van der Waals surface area contributed by atoms with E-state index in [9.17, 15) is 14.9 Å². The van der Waals surface area contributed by atoms with Crippen LogP contribution in [0.5, 0.6) is 0 Å². The Morgan fingerprint density at radius 3 is 2.62 bits per heavy atom. The van der Waals surface area contributed by atoms with Gasteiger partial charge in [-0.3, -0.25) is 14.9 Å². The monoisotopic (exact) mass is 380 g/mol. The highest BCUT2D eigenvalue weighted by molar-refractivity contribution is 7.21. The molecule has 0 unspecified atom stereocenters. The summed E-state index contributed by atoms with van der Waals surface area (Å²) in [7, 11) is 0. The SMILES string of the molecule is Cc1cc([N+](=O)[O-])ccc1NC(=O)c1sc2cc(Cl)ccc2c1Cl. The fourth-order valence-electron chi connectivity index (χ4n) is 2.27. The van der Waals surface area contributed by atoms with Crippen LogP contribution < -0.4 is 5.32 Å². The predicted octanol–water partition coefficient (Wildman–Crippen LogP) is 5.68. The van der Waals surface area contributed by atoms with Gasteiger partial charge < -0.3 is 5.32 Å². The molecule has 122 valence electrons. The number of non-ortho nitro benzene ring substituents is 1. The topological polar surface area (TPSA) is 72.2 Å². The number of thiophene rings is 1. The van der Waals surface area contributed by atoms with Gasteiger partial charge in [0.15, 0.2) is 0 Å². The fraction of sp³-hybridized carbons (Fsp3) is 0.0625. The van der Waals surface area contributed by atoms with E-state index in [-0.39, 0.29) is 11.6 Å². The Hall–Kier alpha value is -2.15. The zero-order chi connectivity index (χ0) is 17.4. The van der Waals surface area contributed by atoms with Crippen LogP contribution in [0.4, 0.5) is 11.4 Å². The minimum Gasteiger partial charge on any atom is -0.321 e. The summed E-state index contributed by atoms with van der Waals surface area (Å²) in [6.45, 7) is 1.69. The van der Waals surface area contributed by atoms with Gasteiger partial charge in [0.1, 0.15) is 4.88 Å². The summed E-state index contributed by atoms with van der Waals surface area (Å²) in [5.74, 6) is -0.366. The molecule has 2 aromatic carbocycles. The number of amides is 1. The first kappa shape index (κ1) is 16.7. The molecule has 5 nitrogen and oxygen atoms in total. The maximum atomic E-state index is 12.5. The molecule has 0 fully saturated rings. The molecule has 3 rings (SSSR count). The van der Waals surface area contributed by atoms with Crippen LogP contribution in [0.2, 0.25) is 10.0 Å². The van der Waals surface area contributed by atoms with E-state index in [4.69, 9.17) is 23.2 Å². The molecule has 1 aromatic heterocycles. The molecule has 0 bridgehead atoms. The van der Waals surface area contributed by atoms with Crippen molar-refractivity contribution in [1.82, 2.24) is 0 Å². The smallest absolute Gasteiger partial charge is 0.269 e. The van der Waals surface area contributed by atoms with Gasteiger partial charge in [0, 0.05) is 32.9 Å². The summed E-state index contributed by atoms with van der Waals surface area (Å²) in [4.78, 5) is 23.2. The Balaban J connectivity index is 1.93. The highest BCUT2D eigenvalue weighted by Gasteiger charge is 2.18. The third kappa shape index (κ3) is 3.08. The third-order valence-corrected chi connectivity index (χ3v) is 5.36. The van der Waals surface area contributed by atoms with E-state index >= 15 is 0 Å². The maximum absolute atomic E-state index is 12.5. The van der Waals surface area contributed by atoms with Gasteiger partial charge >= 0.3 is 0 Å². The zero-order valence-corrected chi connectivity index (χ0v) is 14.6. The van der Waals surface area contributed by atoms with Crippen LogP contribution in [0.1, 0.15) is 15.2 Å². The van der Waals surface area contributed by atoms with Gasteiger partial charge in [-0.25, -0.2) is 0 Å². The van der Waals surface area contributed by atoms with Crippen molar-refractivity contribution in [2.45, 2.75) is 6.92 Å². The van der Waals surface area contributed by atoms with Crippen LogP contribution >= 0.6 is 34.5 Å². The molecule has 0 saturated carbocycles. The molecule has 0 aliphatic carbocycles. The Morgan fingerprint density at radius 2 is 1.96 bits per heavy atom. The van der Waals surface area contributed by atoms with Crippen LogP contribution in [0.15, 0.2) is 36.4 Å². The Bertz CT molecular complexity index is 985. The first-order chi connectivity index (χ1) is 11.4. The number of carbonyl (C=O) groups excluding carboxylic acids is 1. The maximum Gasteiger partial charge on any atom is 0.269 e. The zero-order valence-electron chi connectivity index (χ0n) is 12.3. The van der Waals surface area contributed by atoms with E-state index in [1.165, 1.54) is 29.5 Å². The largest absolute Gasteiger partial charge is 0.321 e. The molecule has 0 aliphatic rings. The van der Waals surface area contributed by atoms with E-state index in [0.29, 0.717) is 26.2 Å². The molecule has 0 spiro atoms. The number of nitro benzene ring substituents is 1. The van der Waals surface area contributed by atoms with E-state index in [1.54, 1.807) is 25.1 Å². The summed E-state index contributed by atoms with van der Waals surface area (Å²) >= 11 is 13.5. The van der Waals surface area contributed by atoms with Gasteiger partial charge in [0.25, 0.3) is 11.6 Å². The highest BCUT2D eigenvalue weighted by Crippen LogP contribution is 2.37. The number of aryl methyl sites for hydroxylation is 1. The minimum atomic E-state index is -0.481. The number of halogens is 2. The number of anilines is 1. The highest BCUT2D eigenvalue weighted by atomic mass is 35.5. The normalized spacial score (nSPS) is 10.8. The second kappa shape index (κ2) is 6.39. The van der Waals surface area contributed by atoms with Crippen molar-refractivity contribution in [2.24, 2.45) is 0 Å². The van der Waals surface area contributed by atoms with Crippen molar-refractivity contribution < 1.29 is 9.72 Å². The molecule has 3 aromatic rings. The van der Waals surface area contributed by atoms with E-state index in [2.05, 4.69) is 5.32 Å². The predicted molar refractivity (Wildman–Crippen MR) is 97.6 cm³/mol. The second-order valence-corrected chi connectivity index (χ2v) is 6.96. The summed E-state index contributed by atoms with van der Waals surface area (Å²) in [6, 6.07) is 9.48. The molecule has 1 amide bonds. The van der Waals surface area contributed by atoms with Gasteiger partial charge in [-0.1, -0.05) is 29.3 Å². The van der Waals surface area contributed by atoms with Crippen molar-refractivity contribution in [3.8, 4) is 0 Å². The standard InChI is InChI=1S/C16H10Cl2N2O3S/c1-8-6-10(20(22)23)3-5-12(8)19-16(21)15-14(18)11-4-2-9(17)7-13(11)24-15/h2-7H,1H3,(H,19,21). The fourth-order valence-corrected chi connectivity index (χ4v) is 3.95. The first-order valence-corrected chi connectivity index (χ1v) is 8.38. The molecule has 0 atom stereocenters. The van der Waals surface area contributed by atoms with Gasteiger partial charge in [-0.2, -0.15) is 0 Å². The second-order valence-electron chi connectivity index (χ2n) is 5.10. The number of carbonyl (C=O) groups is 1. The Labute approximate surface area is 151 Å². The van der Waals surface area contributed by atoms with Crippen molar-refractivity contribution >= 4 is 61.9 Å². The number of rotatable bonds is 3. The lowest BCUT2D eigenvalue weighted by Gasteiger charge is -2.07. The van der Waals surface area contributed by atoms with E-state index in [1.807, 2.05) is 0 Å². The summed E-state index contributed by atoms with van der Waals surface area (Å²) in [5, 5.41) is 15.2. The van der Waals surface area contributed by atoms with Gasteiger partial charge in [0.2, 0.25) is 0 Å². The lowest BCUT2D eigenvalue weighted by Crippen LogP contribution is -2.11. The Kier molecular flexibility index (Phi) is 4.45. The van der Waals surface area contributed by atoms with Crippen LogP contribution in [0.3, 0.4) is 0 Å². The molecule has 1 N–H and O–H groups in total. The summed E-state index contributed by atoms with van der Waals surface area (Å²) in [5.41, 5.74) is 1.06. The van der Waals surface area contributed by atoms with Gasteiger partial charge in [0.05, 0.1) is 9.95 Å². The number of nitrogens with one attached hydrogen (secondary N) is 1. The van der Waals surface area contributed by atoms with Crippen LogP contribution in [-0.2, 0) is 0 Å². The van der Waals surface area contributed by atoms with Crippen LogP contribution in [-0.4, -0.2) is 10.8 Å². The number of nitrogens with zero attached hydrogens (tertiary/aromatic N) is 1. The molecule has 1 heterocycles. The first-order valence-electron chi connectivity index (χ1n) is 6.81. The van der Waals surface area contributed by atoms with Crippen molar-refractivity contribution in [2.75, 3.05) is 5.32 Å². The number of hydrogen-bond acceptors (Lipinski definition) is 4. The lowest BCUT2D eigenvalue weighted by molar-refractivity contribution is -0.384. The average molecular weight is 381 g/mol. The number of nitro groups is 1. The molecular weight excluding hydrogens is 371 g/mol. The van der Waals surface area contributed by atoms with Crippen LogP contribution in [0.25, 0.3) is 10.1 Å². The molecular formula is C16H10Cl2N2O3S.